The number of para-hydroxylation sites is 1. The summed E-state index contributed by atoms with van der Waals surface area (Å²) in [5.74, 6) is 0.726. The third kappa shape index (κ3) is 5.40. The van der Waals surface area contributed by atoms with Crippen LogP contribution in [0.5, 0.6) is 5.75 Å². The molecule has 1 aromatic rings. The lowest BCUT2D eigenvalue weighted by molar-refractivity contribution is -0.135. The van der Waals surface area contributed by atoms with Crippen LogP contribution in [0.3, 0.4) is 0 Å². The lowest BCUT2D eigenvalue weighted by Gasteiger charge is -2.14. The number of hydrogen-bond donors (Lipinski definition) is 1. The zero-order valence-electron chi connectivity index (χ0n) is 10.3. The Morgan fingerprint density at radius 1 is 1.28 bits per heavy atom. The molecule has 1 unspecified atom stereocenters. The Bertz CT molecular complexity index is 365. The molecule has 102 valence electrons. The largest absolute Gasteiger partial charge is 0.496 e. The number of alkyl halides is 3. The number of halogens is 3. The topological polar surface area (TPSA) is 35.2 Å². The summed E-state index contributed by atoms with van der Waals surface area (Å²) in [4.78, 5) is 0. The minimum atomic E-state index is -4.09. The molecule has 2 nitrogen and oxygen atoms in total. The Morgan fingerprint density at radius 2 is 1.94 bits per heavy atom. The summed E-state index contributed by atoms with van der Waals surface area (Å²) in [6.45, 7) is 0. The molecule has 0 aliphatic carbocycles. The number of ether oxygens (including phenoxy) is 1. The molecule has 0 bridgehead atoms. The molecule has 5 heteroatoms. The van der Waals surface area contributed by atoms with Crippen molar-refractivity contribution >= 4 is 0 Å². The van der Waals surface area contributed by atoms with Gasteiger partial charge in [-0.15, -0.1) is 0 Å². The van der Waals surface area contributed by atoms with Crippen molar-refractivity contribution in [2.75, 3.05) is 7.11 Å². The molecule has 1 rings (SSSR count). The Labute approximate surface area is 105 Å². The molecule has 0 aromatic heterocycles. The predicted molar refractivity (Wildman–Crippen MR) is 64.6 cm³/mol. The molecule has 0 saturated carbocycles. The van der Waals surface area contributed by atoms with Crippen LogP contribution >= 0.6 is 0 Å². The summed E-state index contributed by atoms with van der Waals surface area (Å²) in [5, 5.41) is 0. The van der Waals surface area contributed by atoms with Crippen molar-refractivity contribution in [3.8, 4) is 5.75 Å². The molecule has 0 aliphatic heterocycles. The summed E-state index contributed by atoms with van der Waals surface area (Å²) >= 11 is 0. The first kappa shape index (κ1) is 14.8. The van der Waals surface area contributed by atoms with Gasteiger partial charge in [0.05, 0.1) is 7.11 Å². The summed E-state index contributed by atoms with van der Waals surface area (Å²) in [7, 11) is 1.56. The average molecular weight is 261 g/mol. The third-order valence-corrected chi connectivity index (χ3v) is 2.71. The number of methoxy groups -OCH3 is 1. The van der Waals surface area contributed by atoms with E-state index in [0.29, 0.717) is 12.8 Å². The Kier molecular flexibility index (Phi) is 5.47. The van der Waals surface area contributed by atoms with Gasteiger partial charge in [-0.3, -0.25) is 0 Å². The van der Waals surface area contributed by atoms with Gasteiger partial charge in [0.2, 0.25) is 0 Å². The van der Waals surface area contributed by atoms with Crippen molar-refractivity contribution in [2.45, 2.75) is 37.9 Å². The minimum absolute atomic E-state index is 0.0693. The molecular weight excluding hydrogens is 243 g/mol. The highest BCUT2D eigenvalue weighted by Crippen LogP contribution is 2.24. The van der Waals surface area contributed by atoms with Gasteiger partial charge in [0.15, 0.2) is 0 Å². The quantitative estimate of drug-likeness (QED) is 0.852. The molecule has 2 N–H and O–H groups in total. The fraction of sp³-hybridized carbons (Fsp3) is 0.538. The zero-order chi connectivity index (χ0) is 13.6. The van der Waals surface area contributed by atoms with Gasteiger partial charge in [0.25, 0.3) is 0 Å². The van der Waals surface area contributed by atoms with E-state index in [9.17, 15) is 13.2 Å². The van der Waals surface area contributed by atoms with Crippen LogP contribution in [-0.2, 0) is 6.42 Å². The van der Waals surface area contributed by atoms with Gasteiger partial charge in [-0.2, -0.15) is 13.2 Å². The van der Waals surface area contributed by atoms with Gasteiger partial charge < -0.3 is 10.5 Å². The highest BCUT2D eigenvalue weighted by atomic mass is 19.4. The van der Waals surface area contributed by atoms with Gasteiger partial charge in [-0.25, -0.2) is 0 Å². The van der Waals surface area contributed by atoms with Crippen molar-refractivity contribution in [3.63, 3.8) is 0 Å². The molecule has 0 saturated heterocycles. The molecular formula is C13H18F3NO. The van der Waals surface area contributed by atoms with Crippen LogP contribution in [0.1, 0.15) is 24.8 Å². The van der Waals surface area contributed by atoms with Gasteiger partial charge in [-0.1, -0.05) is 18.2 Å². The molecule has 1 aromatic carbocycles. The fourth-order valence-electron chi connectivity index (χ4n) is 1.82. The highest BCUT2D eigenvalue weighted by molar-refractivity contribution is 5.33. The molecule has 1 atom stereocenters. The van der Waals surface area contributed by atoms with Crippen LogP contribution in [-0.4, -0.2) is 19.3 Å². The molecule has 0 fully saturated rings. The van der Waals surface area contributed by atoms with E-state index in [1.54, 1.807) is 7.11 Å². The van der Waals surface area contributed by atoms with E-state index >= 15 is 0 Å². The van der Waals surface area contributed by atoms with E-state index in [2.05, 4.69) is 0 Å². The number of hydrogen-bond acceptors (Lipinski definition) is 2. The SMILES string of the molecule is COc1ccccc1CC(N)CCCC(F)(F)F. The normalized spacial score (nSPS) is 13.4. The smallest absolute Gasteiger partial charge is 0.389 e. The molecule has 0 amide bonds. The van der Waals surface area contributed by atoms with E-state index in [1.165, 1.54) is 0 Å². The summed E-state index contributed by atoms with van der Waals surface area (Å²) in [6, 6.07) is 7.13. The molecule has 0 aliphatic rings. The average Bonchev–Trinajstić information content (AvgIpc) is 2.28. The van der Waals surface area contributed by atoms with Crippen molar-refractivity contribution in [1.29, 1.82) is 0 Å². The van der Waals surface area contributed by atoms with Crippen LogP contribution in [0, 0.1) is 0 Å². The molecule has 18 heavy (non-hydrogen) atoms. The standard InChI is InChI=1S/C13H18F3NO/c1-18-12-7-3-2-5-10(12)9-11(17)6-4-8-13(14,15)16/h2-3,5,7,11H,4,6,8-9,17H2,1H3. The third-order valence-electron chi connectivity index (χ3n) is 2.71. The summed E-state index contributed by atoms with van der Waals surface area (Å²) in [6.07, 6.45) is -3.91. The monoisotopic (exact) mass is 261 g/mol. The van der Waals surface area contributed by atoms with Gasteiger partial charge >= 0.3 is 6.18 Å². The first-order valence-corrected chi connectivity index (χ1v) is 5.86. The van der Waals surface area contributed by atoms with Gasteiger partial charge in [0.1, 0.15) is 5.75 Å². The maximum Gasteiger partial charge on any atom is 0.389 e. The van der Waals surface area contributed by atoms with E-state index in [-0.39, 0.29) is 12.5 Å². The molecule has 0 radical (unpaired) electrons. The Balaban J connectivity index is 2.42. The van der Waals surface area contributed by atoms with Gasteiger partial charge in [0, 0.05) is 12.5 Å². The van der Waals surface area contributed by atoms with E-state index in [4.69, 9.17) is 10.5 Å². The number of nitrogens with two attached hydrogens (primary N) is 1. The first-order valence-electron chi connectivity index (χ1n) is 5.86. The van der Waals surface area contributed by atoms with Crippen LogP contribution in [0.2, 0.25) is 0 Å². The predicted octanol–water partition coefficient (Wildman–Crippen LogP) is 3.30. The Hall–Kier alpha value is -1.23. The molecule has 0 spiro atoms. The van der Waals surface area contributed by atoms with E-state index < -0.39 is 12.6 Å². The highest BCUT2D eigenvalue weighted by Gasteiger charge is 2.26. The van der Waals surface area contributed by atoms with E-state index in [1.807, 2.05) is 24.3 Å². The van der Waals surface area contributed by atoms with E-state index in [0.717, 1.165) is 11.3 Å². The minimum Gasteiger partial charge on any atom is -0.496 e. The van der Waals surface area contributed by atoms with Crippen LogP contribution in [0.25, 0.3) is 0 Å². The lowest BCUT2D eigenvalue weighted by Crippen LogP contribution is -2.23. The number of benzene rings is 1. The maximum absolute atomic E-state index is 12.0. The summed E-state index contributed by atoms with van der Waals surface area (Å²) in [5.41, 5.74) is 6.77. The van der Waals surface area contributed by atoms with Crippen LogP contribution in [0.4, 0.5) is 13.2 Å². The summed E-state index contributed by atoms with van der Waals surface area (Å²) < 4.78 is 41.1. The molecule has 0 heterocycles. The van der Waals surface area contributed by atoms with Crippen molar-refractivity contribution in [1.82, 2.24) is 0 Å². The van der Waals surface area contributed by atoms with Gasteiger partial charge in [-0.05, 0) is 30.9 Å². The fourth-order valence-corrected chi connectivity index (χ4v) is 1.82. The second-order valence-electron chi connectivity index (χ2n) is 4.28. The van der Waals surface area contributed by atoms with Crippen molar-refractivity contribution < 1.29 is 17.9 Å². The number of rotatable bonds is 6. The van der Waals surface area contributed by atoms with Crippen LogP contribution in [0.15, 0.2) is 24.3 Å². The van der Waals surface area contributed by atoms with Crippen LogP contribution < -0.4 is 10.5 Å². The first-order chi connectivity index (χ1) is 8.42. The zero-order valence-corrected chi connectivity index (χ0v) is 10.3. The lowest BCUT2D eigenvalue weighted by atomic mass is 10.0. The maximum atomic E-state index is 12.0. The second-order valence-corrected chi connectivity index (χ2v) is 4.28. The van der Waals surface area contributed by atoms with Crippen molar-refractivity contribution in [3.05, 3.63) is 29.8 Å². The van der Waals surface area contributed by atoms with Crippen molar-refractivity contribution in [2.24, 2.45) is 5.73 Å². The second kappa shape index (κ2) is 6.64. The Morgan fingerprint density at radius 3 is 2.56 bits per heavy atom.